The summed E-state index contributed by atoms with van der Waals surface area (Å²) < 4.78 is 0. The van der Waals surface area contributed by atoms with Gasteiger partial charge in [0, 0.05) is 11.4 Å². The summed E-state index contributed by atoms with van der Waals surface area (Å²) in [6, 6.07) is 13.1. The third-order valence-corrected chi connectivity index (χ3v) is 3.29. The lowest BCUT2D eigenvalue weighted by atomic mass is 10.2. The molecule has 0 aromatic heterocycles. The first kappa shape index (κ1) is 15.0. The van der Waals surface area contributed by atoms with Crippen LogP contribution >= 0.6 is 9.24 Å². The molecule has 5 nitrogen and oxygen atoms in total. The van der Waals surface area contributed by atoms with E-state index in [4.69, 9.17) is 5.11 Å². The van der Waals surface area contributed by atoms with Gasteiger partial charge in [-0.2, -0.15) is 0 Å². The molecule has 0 spiro atoms. The number of urea groups is 1. The molecular weight excluding hydrogens is 287 g/mol. The minimum atomic E-state index is -1.04. The Balaban J connectivity index is 2.00. The molecular formula is C15H15N2O3P. The number of amides is 2. The molecule has 1 atom stereocenters. The number of nitrogens with one attached hydrogen (secondary N) is 2. The van der Waals surface area contributed by atoms with Crippen molar-refractivity contribution < 1.29 is 14.7 Å². The Kier molecular flexibility index (Phi) is 4.90. The zero-order chi connectivity index (χ0) is 15.2. The van der Waals surface area contributed by atoms with Crippen molar-refractivity contribution in [3.63, 3.8) is 0 Å². The van der Waals surface area contributed by atoms with Gasteiger partial charge < -0.3 is 15.7 Å². The molecule has 0 heterocycles. The van der Waals surface area contributed by atoms with Crippen molar-refractivity contribution in [1.29, 1.82) is 0 Å². The second-order valence-electron chi connectivity index (χ2n) is 4.37. The fourth-order valence-corrected chi connectivity index (χ4v) is 2.02. The number of carboxylic acids is 1. The maximum Gasteiger partial charge on any atom is 0.335 e. The van der Waals surface area contributed by atoms with Crippen molar-refractivity contribution >= 4 is 32.6 Å². The van der Waals surface area contributed by atoms with E-state index in [-0.39, 0.29) is 5.56 Å². The Morgan fingerprint density at radius 1 is 1.00 bits per heavy atom. The molecule has 6 heteroatoms. The fourth-order valence-electron chi connectivity index (χ4n) is 1.75. The van der Waals surface area contributed by atoms with Gasteiger partial charge >= 0.3 is 12.0 Å². The van der Waals surface area contributed by atoms with Crippen molar-refractivity contribution in [2.75, 3.05) is 10.6 Å². The first-order valence-corrected chi connectivity index (χ1v) is 7.10. The molecule has 21 heavy (non-hydrogen) atoms. The maximum absolute atomic E-state index is 11.8. The van der Waals surface area contributed by atoms with Gasteiger partial charge in [-0.3, -0.25) is 0 Å². The highest BCUT2D eigenvalue weighted by Crippen LogP contribution is 2.14. The summed E-state index contributed by atoms with van der Waals surface area (Å²) in [5.41, 5.74) is 2.37. The van der Waals surface area contributed by atoms with Crippen LogP contribution in [0.15, 0.2) is 48.5 Å². The molecule has 0 saturated heterocycles. The summed E-state index contributed by atoms with van der Waals surface area (Å²) in [5, 5.41) is 14.2. The minimum absolute atomic E-state index is 0.123. The molecule has 3 N–H and O–H groups in total. The van der Waals surface area contributed by atoms with Gasteiger partial charge in [-0.25, -0.2) is 9.59 Å². The largest absolute Gasteiger partial charge is 0.478 e. The van der Waals surface area contributed by atoms with E-state index >= 15 is 0 Å². The highest BCUT2D eigenvalue weighted by molar-refractivity contribution is 7.15. The third kappa shape index (κ3) is 4.29. The van der Waals surface area contributed by atoms with Gasteiger partial charge in [0.05, 0.1) is 5.56 Å². The van der Waals surface area contributed by atoms with Crippen LogP contribution in [0.1, 0.15) is 15.9 Å². The number of aromatic carboxylic acids is 1. The highest BCUT2D eigenvalue weighted by Gasteiger charge is 2.06. The van der Waals surface area contributed by atoms with Crippen LogP contribution in [-0.4, -0.2) is 17.1 Å². The molecule has 0 aliphatic heterocycles. The number of carbonyl (C=O) groups is 2. The number of rotatable bonds is 4. The normalized spacial score (nSPS) is 9.95. The van der Waals surface area contributed by atoms with Crippen molar-refractivity contribution in [3.8, 4) is 0 Å². The van der Waals surface area contributed by atoms with Crippen LogP contribution in [0.3, 0.4) is 0 Å². The Morgan fingerprint density at radius 2 is 1.67 bits per heavy atom. The Labute approximate surface area is 124 Å². The zero-order valence-corrected chi connectivity index (χ0v) is 12.3. The van der Waals surface area contributed by atoms with E-state index in [2.05, 4.69) is 19.9 Å². The van der Waals surface area contributed by atoms with Crippen molar-refractivity contribution in [2.45, 2.75) is 6.16 Å². The van der Waals surface area contributed by atoms with Gasteiger partial charge in [0.15, 0.2) is 0 Å². The first-order valence-electron chi connectivity index (χ1n) is 6.29. The molecule has 0 bridgehead atoms. The first-order chi connectivity index (χ1) is 10.1. The maximum atomic E-state index is 11.8. The summed E-state index contributed by atoms with van der Waals surface area (Å²) in [6.07, 6.45) is 0.856. The van der Waals surface area contributed by atoms with Gasteiger partial charge in [0.2, 0.25) is 0 Å². The quantitative estimate of drug-likeness (QED) is 0.757. The van der Waals surface area contributed by atoms with E-state index < -0.39 is 12.0 Å². The molecule has 0 saturated carbocycles. The minimum Gasteiger partial charge on any atom is -0.478 e. The second-order valence-corrected chi connectivity index (χ2v) is 4.77. The van der Waals surface area contributed by atoms with Crippen LogP contribution in [0.2, 0.25) is 0 Å². The summed E-state index contributed by atoms with van der Waals surface area (Å²) in [4.78, 5) is 22.7. The van der Waals surface area contributed by atoms with Crippen LogP contribution in [0.4, 0.5) is 16.2 Å². The van der Waals surface area contributed by atoms with Gasteiger partial charge in [-0.05, 0) is 42.1 Å². The number of carboxylic acid groups (broad SMARTS) is 1. The number of anilines is 2. The number of hydrogen-bond donors (Lipinski definition) is 3. The predicted octanol–water partition coefficient (Wildman–Crippen LogP) is 3.40. The van der Waals surface area contributed by atoms with E-state index in [1.54, 1.807) is 12.1 Å². The molecule has 1 unspecified atom stereocenters. The lowest BCUT2D eigenvalue weighted by molar-refractivity contribution is 0.0697. The summed E-state index contributed by atoms with van der Waals surface area (Å²) in [7, 11) is 2.63. The number of carbonyl (C=O) groups excluding carboxylic acids is 1. The van der Waals surface area contributed by atoms with E-state index in [9.17, 15) is 9.59 Å². The lowest BCUT2D eigenvalue weighted by Gasteiger charge is -2.08. The molecule has 2 aromatic carbocycles. The van der Waals surface area contributed by atoms with Crippen LogP contribution < -0.4 is 10.6 Å². The summed E-state index contributed by atoms with van der Waals surface area (Å²) >= 11 is 0. The monoisotopic (exact) mass is 302 g/mol. The highest BCUT2D eigenvalue weighted by atomic mass is 31.0. The molecule has 2 rings (SSSR count). The van der Waals surface area contributed by atoms with E-state index in [0.717, 1.165) is 11.7 Å². The molecule has 0 aliphatic rings. The molecule has 0 fully saturated rings. The van der Waals surface area contributed by atoms with Crippen LogP contribution in [0, 0.1) is 0 Å². The number of hydrogen-bond acceptors (Lipinski definition) is 2. The van der Waals surface area contributed by atoms with E-state index in [0.29, 0.717) is 11.4 Å². The predicted molar refractivity (Wildman–Crippen MR) is 85.9 cm³/mol. The topological polar surface area (TPSA) is 78.4 Å². The second kappa shape index (κ2) is 6.86. The molecule has 0 radical (unpaired) electrons. The zero-order valence-electron chi connectivity index (χ0n) is 11.2. The summed E-state index contributed by atoms with van der Waals surface area (Å²) in [6.45, 7) is 0. The SMILES string of the molecule is O=C(Nc1ccc(CP)cc1)Nc1cccc(C(=O)O)c1. The smallest absolute Gasteiger partial charge is 0.335 e. The summed E-state index contributed by atoms with van der Waals surface area (Å²) in [5.74, 6) is -1.04. The average molecular weight is 302 g/mol. The van der Waals surface area contributed by atoms with Gasteiger partial charge in [-0.15, -0.1) is 9.24 Å². The standard InChI is InChI=1S/C15H15N2O3P/c18-14(19)11-2-1-3-13(8-11)17-15(20)16-12-6-4-10(9-21)5-7-12/h1-8H,9,21H2,(H,18,19)(H2,16,17,20). The molecule has 108 valence electrons. The Bertz CT molecular complexity index is 656. The number of benzene rings is 2. The van der Waals surface area contributed by atoms with Crippen LogP contribution in [0.5, 0.6) is 0 Å². The van der Waals surface area contributed by atoms with E-state index in [1.165, 1.54) is 12.1 Å². The van der Waals surface area contributed by atoms with E-state index in [1.807, 2.05) is 24.3 Å². The Morgan fingerprint density at radius 3 is 2.29 bits per heavy atom. The van der Waals surface area contributed by atoms with Crippen molar-refractivity contribution in [1.82, 2.24) is 0 Å². The average Bonchev–Trinajstić information content (AvgIpc) is 2.48. The van der Waals surface area contributed by atoms with Crippen LogP contribution in [-0.2, 0) is 6.16 Å². The van der Waals surface area contributed by atoms with Gasteiger partial charge in [-0.1, -0.05) is 18.2 Å². The van der Waals surface area contributed by atoms with Crippen molar-refractivity contribution in [2.24, 2.45) is 0 Å². The third-order valence-electron chi connectivity index (χ3n) is 2.81. The van der Waals surface area contributed by atoms with Gasteiger partial charge in [0.25, 0.3) is 0 Å². The van der Waals surface area contributed by atoms with Gasteiger partial charge in [0.1, 0.15) is 0 Å². The van der Waals surface area contributed by atoms with Crippen LogP contribution in [0.25, 0.3) is 0 Å². The molecule has 2 aromatic rings. The van der Waals surface area contributed by atoms with Crippen molar-refractivity contribution in [3.05, 3.63) is 59.7 Å². The fraction of sp³-hybridized carbons (Fsp3) is 0.0667. The lowest BCUT2D eigenvalue weighted by Crippen LogP contribution is -2.19. The molecule has 2 amide bonds. The molecule has 0 aliphatic carbocycles. The Hall–Kier alpha value is -2.39.